The van der Waals surface area contributed by atoms with Crippen LogP contribution in [0.3, 0.4) is 0 Å². The Morgan fingerprint density at radius 2 is 2.00 bits per heavy atom. The standard InChI is InChI=1S/C19H28N2O3/c1-13-9-17(24-8-7-23-2)5-6-18(13)21-19(22)12-14-10-15-3-4-16(11-14)20-15/h5-6,9,14-16,20H,3-4,7-8,10-12H2,1-2H3,(H,21,22). The fraction of sp³-hybridized carbons (Fsp3) is 0.632. The maximum absolute atomic E-state index is 12.4. The Hall–Kier alpha value is -1.59. The second kappa shape index (κ2) is 7.99. The van der Waals surface area contributed by atoms with Crippen molar-refractivity contribution in [3.8, 4) is 5.75 Å². The maximum Gasteiger partial charge on any atom is 0.224 e. The van der Waals surface area contributed by atoms with Gasteiger partial charge in [-0.05, 0) is 62.3 Å². The van der Waals surface area contributed by atoms with Crippen molar-refractivity contribution in [2.45, 2.75) is 51.1 Å². The molecule has 2 fully saturated rings. The van der Waals surface area contributed by atoms with Gasteiger partial charge in [-0.2, -0.15) is 0 Å². The maximum atomic E-state index is 12.4. The van der Waals surface area contributed by atoms with Gasteiger partial charge in [-0.1, -0.05) is 0 Å². The van der Waals surface area contributed by atoms with Crippen LogP contribution in [0.25, 0.3) is 0 Å². The van der Waals surface area contributed by atoms with E-state index in [1.165, 1.54) is 12.8 Å². The molecule has 2 heterocycles. The van der Waals surface area contributed by atoms with Gasteiger partial charge in [-0.25, -0.2) is 0 Å². The van der Waals surface area contributed by atoms with Crippen molar-refractivity contribution in [1.82, 2.24) is 5.32 Å². The molecule has 0 aromatic heterocycles. The zero-order valence-corrected chi connectivity index (χ0v) is 14.6. The van der Waals surface area contributed by atoms with E-state index >= 15 is 0 Å². The number of aryl methyl sites for hydroxylation is 1. The van der Waals surface area contributed by atoms with Crippen molar-refractivity contribution in [3.05, 3.63) is 23.8 Å². The molecule has 0 radical (unpaired) electrons. The Bertz CT molecular complexity index is 564. The number of amides is 1. The van der Waals surface area contributed by atoms with E-state index in [9.17, 15) is 4.79 Å². The van der Waals surface area contributed by atoms with E-state index in [2.05, 4.69) is 10.6 Å². The largest absolute Gasteiger partial charge is 0.491 e. The average Bonchev–Trinajstić information content (AvgIpc) is 2.89. The molecule has 2 unspecified atom stereocenters. The second-order valence-electron chi connectivity index (χ2n) is 7.05. The summed E-state index contributed by atoms with van der Waals surface area (Å²) in [5.41, 5.74) is 1.89. The first kappa shape index (κ1) is 17.2. The number of anilines is 1. The highest BCUT2D eigenvalue weighted by Gasteiger charge is 2.34. The summed E-state index contributed by atoms with van der Waals surface area (Å²) in [5.74, 6) is 1.44. The number of hydrogen-bond acceptors (Lipinski definition) is 4. The van der Waals surface area contributed by atoms with Crippen molar-refractivity contribution in [2.24, 2.45) is 5.92 Å². The predicted octanol–water partition coefficient (Wildman–Crippen LogP) is 2.88. The Labute approximate surface area is 144 Å². The number of nitrogens with one attached hydrogen (secondary N) is 2. The summed E-state index contributed by atoms with van der Waals surface area (Å²) < 4.78 is 10.6. The molecule has 5 heteroatoms. The number of carbonyl (C=O) groups excluding carboxylic acids is 1. The number of ether oxygens (including phenoxy) is 2. The Morgan fingerprint density at radius 3 is 2.67 bits per heavy atom. The fourth-order valence-electron chi connectivity index (χ4n) is 3.91. The molecule has 1 aromatic rings. The van der Waals surface area contributed by atoms with Gasteiger partial charge < -0.3 is 20.1 Å². The van der Waals surface area contributed by atoms with E-state index in [4.69, 9.17) is 9.47 Å². The third kappa shape index (κ3) is 4.48. The van der Waals surface area contributed by atoms with Gasteiger partial charge in [0, 0.05) is 31.3 Å². The first-order valence-electron chi connectivity index (χ1n) is 8.92. The predicted molar refractivity (Wildman–Crippen MR) is 94.5 cm³/mol. The van der Waals surface area contributed by atoms with E-state index < -0.39 is 0 Å². The van der Waals surface area contributed by atoms with Crippen LogP contribution < -0.4 is 15.4 Å². The van der Waals surface area contributed by atoms with Crippen LogP contribution >= 0.6 is 0 Å². The van der Waals surface area contributed by atoms with Crippen LogP contribution in [0.2, 0.25) is 0 Å². The molecule has 2 aliphatic heterocycles. The lowest BCUT2D eigenvalue weighted by molar-refractivity contribution is -0.117. The summed E-state index contributed by atoms with van der Waals surface area (Å²) >= 11 is 0. The number of benzene rings is 1. The van der Waals surface area contributed by atoms with E-state index in [1.807, 2.05) is 25.1 Å². The Morgan fingerprint density at radius 1 is 1.25 bits per heavy atom. The summed E-state index contributed by atoms with van der Waals surface area (Å²) in [6, 6.07) is 7.03. The van der Waals surface area contributed by atoms with Gasteiger partial charge in [0.2, 0.25) is 5.91 Å². The van der Waals surface area contributed by atoms with Crippen LogP contribution in [0.5, 0.6) is 5.75 Å². The molecule has 2 atom stereocenters. The van der Waals surface area contributed by atoms with Crippen LogP contribution in [-0.2, 0) is 9.53 Å². The molecule has 2 saturated heterocycles. The molecule has 2 N–H and O–H groups in total. The number of piperidine rings is 1. The normalized spacial score (nSPS) is 25.5. The number of rotatable bonds is 7. The fourth-order valence-corrected chi connectivity index (χ4v) is 3.91. The molecule has 24 heavy (non-hydrogen) atoms. The lowest BCUT2D eigenvalue weighted by atomic mass is 9.89. The SMILES string of the molecule is COCCOc1ccc(NC(=O)CC2CC3CCC(C2)N3)c(C)c1. The molecule has 0 aliphatic carbocycles. The summed E-state index contributed by atoms with van der Waals surface area (Å²) in [4.78, 5) is 12.4. The van der Waals surface area contributed by atoms with E-state index in [0.29, 0.717) is 37.6 Å². The van der Waals surface area contributed by atoms with Crippen molar-refractivity contribution < 1.29 is 14.3 Å². The van der Waals surface area contributed by atoms with Crippen LogP contribution in [-0.4, -0.2) is 38.3 Å². The minimum atomic E-state index is 0.123. The third-order valence-corrected chi connectivity index (χ3v) is 5.07. The van der Waals surface area contributed by atoms with Gasteiger partial charge in [0.05, 0.1) is 6.61 Å². The van der Waals surface area contributed by atoms with Gasteiger partial charge in [-0.3, -0.25) is 4.79 Å². The molecule has 0 saturated carbocycles. The lowest BCUT2D eigenvalue weighted by Gasteiger charge is -2.28. The van der Waals surface area contributed by atoms with Crippen molar-refractivity contribution in [3.63, 3.8) is 0 Å². The van der Waals surface area contributed by atoms with Gasteiger partial charge in [0.1, 0.15) is 12.4 Å². The number of fused-ring (bicyclic) bond motifs is 2. The number of methoxy groups -OCH3 is 1. The van der Waals surface area contributed by atoms with E-state index in [0.717, 1.165) is 29.8 Å². The average molecular weight is 332 g/mol. The van der Waals surface area contributed by atoms with Gasteiger partial charge >= 0.3 is 0 Å². The van der Waals surface area contributed by atoms with Crippen LogP contribution in [0.15, 0.2) is 18.2 Å². The van der Waals surface area contributed by atoms with E-state index in [-0.39, 0.29) is 5.91 Å². The molecule has 5 nitrogen and oxygen atoms in total. The second-order valence-corrected chi connectivity index (χ2v) is 7.05. The topological polar surface area (TPSA) is 59.6 Å². The lowest BCUT2D eigenvalue weighted by Crippen LogP contribution is -2.39. The smallest absolute Gasteiger partial charge is 0.224 e. The van der Waals surface area contributed by atoms with Gasteiger partial charge in [-0.15, -0.1) is 0 Å². The molecule has 1 amide bonds. The summed E-state index contributed by atoms with van der Waals surface area (Å²) in [6.45, 7) is 3.08. The Kier molecular flexibility index (Phi) is 5.74. The minimum Gasteiger partial charge on any atom is -0.491 e. The molecule has 2 aliphatic rings. The third-order valence-electron chi connectivity index (χ3n) is 5.07. The zero-order valence-electron chi connectivity index (χ0n) is 14.6. The van der Waals surface area contributed by atoms with Crippen molar-refractivity contribution in [1.29, 1.82) is 0 Å². The highest BCUT2D eigenvalue weighted by Crippen LogP contribution is 2.33. The molecule has 3 rings (SSSR count). The van der Waals surface area contributed by atoms with Gasteiger partial charge in [0.15, 0.2) is 0 Å². The molecular weight excluding hydrogens is 304 g/mol. The highest BCUT2D eigenvalue weighted by molar-refractivity contribution is 5.91. The van der Waals surface area contributed by atoms with Gasteiger partial charge in [0.25, 0.3) is 0 Å². The van der Waals surface area contributed by atoms with Crippen LogP contribution in [0.4, 0.5) is 5.69 Å². The summed E-state index contributed by atoms with van der Waals surface area (Å²) in [6.07, 6.45) is 5.43. The van der Waals surface area contributed by atoms with Crippen molar-refractivity contribution >= 4 is 11.6 Å². The quantitative estimate of drug-likeness (QED) is 0.754. The molecular formula is C19H28N2O3. The monoisotopic (exact) mass is 332 g/mol. The molecule has 1 aromatic carbocycles. The van der Waals surface area contributed by atoms with Crippen LogP contribution in [0, 0.1) is 12.8 Å². The number of hydrogen-bond donors (Lipinski definition) is 2. The van der Waals surface area contributed by atoms with Crippen molar-refractivity contribution in [2.75, 3.05) is 25.6 Å². The molecule has 2 bridgehead atoms. The summed E-state index contributed by atoms with van der Waals surface area (Å²) in [7, 11) is 1.65. The minimum absolute atomic E-state index is 0.123. The first-order valence-corrected chi connectivity index (χ1v) is 8.92. The molecule has 132 valence electrons. The highest BCUT2D eigenvalue weighted by atomic mass is 16.5. The number of carbonyl (C=O) groups is 1. The van der Waals surface area contributed by atoms with Crippen LogP contribution in [0.1, 0.15) is 37.7 Å². The zero-order chi connectivity index (χ0) is 16.9. The molecule has 0 spiro atoms. The summed E-state index contributed by atoms with van der Waals surface area (Å²) in [5, 5.41) is 6.69. The first-order chi connectivity index (χ1) is 11.6. The Balaban J connectivity index is 1.50. The van der Waals surface area contributed by atoms with E-state index in [1.54, 1.807) is 7.11 Å².